The topological polar surface area (TPSA) is 74.8 Å². The Morgan fingerprint density at radius 1 is 1.14 bits per heavy atom. The number of hydrogen-bond acceptors (Lipinski definition) is 4. The molecule has 0 fully saturated rings. The molecule has 0 bridgehead atoms. The Bertz CT molecular complexity index is 1380. The molecule has 0 unspecified atom stereocenters. The van der Waals surface area contributed by atoms with Crippen molar-refractivity contribution in [3.05, 3.63) is 87.1 Å². The highest BCUT2D eigenvalue weighted by Gasteiger charge is 2.35. The molecule has 1 aliphatic rings. The molecule has 0 spiro atoms. The van der Waals surface area contributed by atoms with Crippen LogP contribution < -0.4 is 15.0 Å². The number of aromatic nitrogens is 1. The molecule has 1 atom stereocenters. The van der Waals surface area contributed by atoms with Crippen LogP contribution >= 0.6 is 11.6 Å². The first kappa shape index (κ1) is 26.2. The SMILES string of the molecule is COc1ncc(Cl)c(CN2C(=O)N(C)[C@@H](C)c3ccc(C(=O)NCc4c(F)cc(F)cc4F)cc32)c1F. The zero-order valence-electron chi connectivity index (χ0n) is 19.9. The first-order valence-electron chi connectivity index (χ1n) is 11.0. The van der Waals surface area contributed by atoms with Gasteiger partial charge in [-0.3, -0.25) is 9.69 Å². The van der Waals surface area contributed by atoms with Gasteiger partial charge in [0.05, 0.1) is 36.6 Å². The molecular weight excluding hydrogens is 516 g/mol. The van der Waals surface area contributed by atoms with Gasteiger partial charge in [0.25, 0.3) is 11.8 Å². The van der Waals surface area contributed by atoms with Crippen LogP contribution in [0.1, 0.15) is 40.0 Å². The zero-order valence-corrected chi connectivity index (χ0v) is 20.7. The number of nitrogens with zero attached hydrogens (tertiary/aromatic N) is 3. The molecule has 2 heterocycles. The van der Waals surface area contributed by atoms with Crippen molar-refractivity contribution < 1.29 is 31.9 Å². The van der Waals surface area contributed by atoms with E-state index in [2.05, 4.69) is 10.3 Å². The van der Waals surface area contributed by atoms with Crippen LogP contribution in [0, 0.1) is 23.3 Å². The third-order valence-corrected chi connectivity index (χ3v) is 6.55. The van der Waals surface area contributed by atoms with E-state index in [9.17, 15) is 27.2 Å². The monoisotopic (exact) mass is 536 g/mol. The van der Waals surface area contributed by atoms with Gasteiger partial charge in [-0.2, -0.15) is 0 Å². The molecule has 1 aliphatic heterocycles. The molecule has 2 aromatic carbocycles. The average Bonchev–Trinajstić information content (AvgIpc) is 2.86. The molecule has 0 aliphatic carbocycles. The number of methoxy groups -OCH3 is 1. The largest absolute Gasteiger partial charge is 0.479 e. The number of rotatable bonds is 6. The van der Waals surface area contributed by atoms with Crippen LogP contribution in [0.5, 0.6) is 5.88 Å². The second kappa shape index (κ2) is 10.3. The maximum absolute atomic E-state index is 15.0. The number of amides is 3. The van der Waals surface area contributed by atoms with Crippen molar-refractivity contribution in [2.24, 2.45) is 0 Å². The summed E-state index contributed by atoms with van der Waals surface area (Å²) >= 11 is 6.18. The standard InChI is InChI=1S/C25H21ClF4N4O3/c1-12-15-5-4-13(23(35)31-9-16-19(28)7-14(27)8-20(16)29)6-21(15)34(25(36)33(12)2)11-17-18(26)10-32-24(37-3)22(17)30/h4-8,10,12H,9,11H2,1-3H3,(H,31,35)/t12-/m0/s1. The first-order chi connectivity index (χ1) is 17.5. The van der Waals surface area contributed by atoms with E-state index >= 15 is 0 Å². The summed E-state index contributed by atoms with van der Waals surface area (Å²) in [4.78, 5) is 32.5. The quantitative estimate of drug-likeness (QED) is 0.430. The lowest BCUT2D eigenvalue weighted by atomic mass is 9.98. The first-order valence-corrected chi connectivity index (χ1v) is 11.4. The van der Waals surface area contributed by atoms with E-state index in [1.165, 1.54) is 35.2 Å². The summed E-state index contributed by atoms with van der Waals surface area (Å²) < 4.78 is 60.9. The zero-order chi connectivity index (χ0) is 27.0. The summed E-state index contributed by atoms with van der Waals surface area (Å²) in [6, 6.07) is 4.74. The predicted molar refractivity (Wildman–Crippen MR) is 127 cm³/mol. The van der Waals surface area contributed by atoms with E-state index in [4.69, 9.17) is 16.3 Å². The molecule has 1 aromatic heterocycles. The van der Waals surface area contributed by atoms with Crippen LogP contribution in [-0.4, -0.2) is 36.0 Å². The van der Waals surface area contributed by atoms with Crippen LogP contribution in [0.2, 0.25) is 5.02 Å². The third-order valence-electron chi connectivity index (χ3n) is 6.22. The van der Waals surface area contributed by atoms with Gasteiger partial charge in [0.1, 0.15) is 17.5 Å². The summed E-state index contributed by atoms with van der Waals surface area (Å²) in [5.74, 6) is -5.17. The summed E-state index contributed by atoms with van der Waals surface area (Å²) in [5, 5.41) is 2.37. The fraction of sp³-hybridized carbons (Fsp3) is 0.240. The number of fused-ring (bicyclic) bond motifs is 1. The number of benzene rings is 2. The number of carbonyl (C=O) groups is 2. The number of nitrogens with one attached hydrogen (secondary N) is 1. The van der Waals surface area contributed by atoms with Crippen molar-refractivity contribution in [2.45, 2.75) is 26.1 Å². The molecule has 3 aromatic rings. The molecule has 1 N–H and O–H groups in total. The molecule has 0 saturated carbocycles. The van der Waals surface area contributed by atoms with Gasteiger partial charge in [-0.15, -0.1) is 0 Å². The minimum Gasteiger partial charge on any atom is -0.479 e. The molecule has 194 valence electrons. The van der Waals surface area contributed by atoms with Crippen LogP contribution in [-0.2, 0) is 13.1 Å². The van der Waals surface area contributed by atoms with Gasteiger partial charge in [-0.25, -0.2) is 27.3 Å². The molecule has 4 rings (SSSR count). The number of urea groups is 1. The van der Waals surface area contributed by atoms with Crippen LogP contribution in [0.25, 0.3) is 0 Å². The van der Waals surface area contributed by atoms with E-state index < -0.39 is 47.3 Å². The van der Waals surface area contributed by atoms with Crippen molar-refractivity contribution in [3.8, 4) is 5.88 Å². The number of ether oxygens (including phenoxy) is 1. The molecule has 7 nitrogen and oxygen atoms in total. The lowest BCUT2D eigenvalue weighted by Crippen LogP contribution is -2.46. The van der Waals surface area contributed by atoms with Gasteiger partial charge in [-0.1, -0.05) is 17.7 Å². The van der Waals surface area contributed by atoms with E-state index in [-0.39, 0.29) is 34.6 Å². The maximum Gasteiger partial charge on any atom is 0.325 e. The van der Waals surface area contributed by atoms with Gasteiger partial charge >= 0.3 is 6.03 Å². The Balaban J connectivity index is 1.67. The van der Waals surface area contributed by atoms with E-state index in [1.54, 1.807) is 20.0 Å². The van der Waals surface area contributed by atoms with Crippen molar-refractivity contribution in [3.63, 3.8) is 0 Å². The summed E-state index contributed by atoms with van der Waals surface area (Å²) in [6.45, 7) is 0.966. The number of pyridine rings is 1. The Kier molecular flexibility index (Phi) is 7.26. The molecule has 37 heavy (non-hydrogen) atoms. The fourth-order valence-corrected chi connectivity index (χ4v) is 4.22. The molecule has 0 saturated heterocycles. The van der Waals surface area contributed by atoms with Crippen LogP contribution in [0.15, 0.2) is 36.5 Å². The van der Waals surface area contributed by atoms with Gasteiger partial charge < -0.3 is 15.0 Å². The smallest absolute Gasteiger partial charge is 0.325 e. The van der Waals surface area contributed by atoms with Crippen molar-refractivity contribution in [2.75, 3.05) is 19.1 Å². The Labute approximate surface area is 214 Å². The van der Waals surface area contributed by atoms with Crippen LogP contribution in [0.3, 0.4) is 0 Å². The van der Waals surface area contributed by atoms with E-state index in [1.807, 2.05) is 0 Å². The number of hydrogen-bond donors (Lipinski definition) is 1. The van der Waals surface area contributed by atoms with Crippen molar-refractivity contribution in [1.82, 2.24) is 15.2 Å². The van der Waals surface area contributed by atoms with E-state index in [0.717, 1.165) is 0 Å². The minimum absolute atomic E-state index is 0.0221. The Hall–Kier alpha value is -3.86. The Morgan fingerprint density at radius 3 is 2.46 bits per heavy atom. The lowest BCUT2D eigenvalue weighted by molar-refractivity contribution is 0.0950. The second-order valence-corrected chi connectivity index (χ2v) is 8.78. The van der Waals surface area contributed by atoms with Gasteiger partial charge in [0.2, 0.25) is 0 Å². The highest BCUT2D eigenvalue weighted by atomic mass is 35.5. The molecule has 12 heteroatoms. The highest BCUT2D eigenvalue weighted by molar-refractivity contribution is 6.31. The van der Waals surface area contributed by atoms with Gasteiger partial charge in [-0.05, 0) is 24.6 Å². The summed E-state index contributed by atoms with van der Waals surface area (Å²) in [7, 11) is 2.83. The number of halogens is 5. The van der Waals surface area contributed by atoms with Crippen molar-refractivity contribution >= 4 is 29.2 Å². The van der Waals surface area contributed by atoms with Gasteiger partial charge in [0, 0.05) is 42.4 Å². The van der Waals surface area contributed by atoms with Crippen molar-refractivity contribution in [1.29, 1.82) is 0 Å². The minimum atomic E-state index is -1.14. The lowest BCUT2D eigenvalue weighted by Gasteiger charge is -2.39. The normalized spacial score (nSPS) is 15.0. The summed E-state index contributed by atoms with van der Waals surface area (Å²) in [5.41, 5.74) is 0.542. The van der Waals surface area contributed by atoms with Crippen LogP contribution in [0.4, 0.5) is 28.0 Å². The average molecular weight is 537 g/mol. The fourth-order valence-electron chi connectivity index (χ4n) is 4.03. The number of carbonyl (C=O) groups excluding carboxylic acids is 2. The number of anilines is 1. The summed E-state index contributed by atoms with van der Waals surface area (Å²) in [6.07, 6.45) is 1.21. The van der Waals surface area contributed by atoms with E-state index in [0.29, 0.717) is 23.4 Å². The molecular formula is C25H21ClF4N4O3. The second-order valence-electron chi connectivity index (χ2n) is 8.37. The molecule has 3 amide bonds. The van der Waals surface area contributed by atoms with Gasteiger partial charge in [0.15, 0.2) is 5.82 Å². The highest BCUT2D eigenvalue weighted by Crippen LogP contribution is 2.38. The predicted octanol–water partition coefficient (Wildman–Crippen LogP) is 5.36. The molecule has 0 radical (unpaired) electrons. The maximum atomic E-state index is 15.0. The Morgan fingerprint density at radius 2 is 1.81 bits per heavy atom. The third kappa shape index (κ3) is 4.91.